The molecule has 1 heterocycles. The number of benzene rings is 2. The van der Waals surface area contributed by atoms with Crippen molar-refractivity contribution in [2.45, 2.75) is 45.1 Å². The van der Waals surface area contributed by atoms with Gasteiger partial charge in [0.1, 0.15) is 17.5 Å². The summed E-state index contributed by atoms with van der Waals surface area (Å²) in [4.78, 5) is 11.8. The number of hydrogen-bond donors (Lipinski definition) is 1. The Labute approximate surface area is 187 Å². The van der Waals surface area contributed by atoms with Gasteiger partial charge in [0.05, 0.1) is 4.88 Å². The lowest BCUT2D eigenvalue weighted by Crippen LogP contribution is -2.12. The van der Waals surface area contributed by atoms with Crippen molar-refractivity contribution in [3.05, 3.63) is 69.4 Å². The first-order valence-electron chi connectivity index (χ1n) is 9.85. The van der Waals surface area contributed by atoms with Crippen LogP contribution in [-0.4, -0.2) is 15.4 Å². The van der Waals surface area contributed by atoms with Crippen molar-refractivity contribution < 1.29 is 23.4 Å². The number of hydrogen-bond acceptors (Lipinski definition) is 4. The Morgan fingerprint density at radius 2 is 2.00 bits per heavy atom. The van der Waals surface area contributed by atoms with E-state index in [4.69, 9.17) is 21.4 Å². The van der Waals surface area contributed by atoms with Crippen LogP contribution in [0.4, 0.5) is 8.78 Å². The van der Waals surface area contributed by atoms with Crippen molar-refractivity contribution in [3.8, 4) is 16.2 Å². The molecule has 0 saturated heterocycles. The third-order valence-corrected chi connectivity index (χ3v) is 6.80. The van der Waals surface area contributed by atoms with Crippen molar-refractivity contribution in [1.29, 1.82) is 0 Å². The molecule has 0 aliphatic heterocycles. The van der Waals surface area contributed by atoms with Gasteiger partial charge in [-0.25, -0.2) is 8.78 Å². The second-order valence-corrected chi connectivity index (χ2v) is 8.74. The summed E-state index contributed by atoms with van der Waals surface area (Å²) in [5.41, 5.74) is 3.54. The molecular weight excluding hydrogens is 444 g/mol. The van der Waals surface area contributed by atoms with Crippen LogP contribution in [0.2, 0.25) is 5.15 Å². The standard InChI is InChI=1S/C23H20ClF2NO3S/c1-13-2-4-15(5-3-13)21-17(22(24)27-31-21)12-30-18-8-6-14(7-9-19(28)29)20-16(18)10-11-23(20,25)26/h2-6,8H,7,9-12H2,1H3,(H,28,29). The summed E-state index contributed by atoms with van der Waals surface area (Å²) < 4.78 is 39.3. The summed E-state index contributed by atoms with van der Waals surface area (Å²) in [7, 11) is 0. The lowest BCUT2D eigenvalue weighted by atomic mass is 9.97. The summed E-state index contributed by atoms with van der Waals surface area (Å²) in [6, 6.07) is 11.2. The van der Waals surface area contributed by atoms with Crippen molar-refractivity contribution >= 4 is 29.1 Å². The molecule has 0 fully saturated rings. The number of nitrogens with zero attached hydrogens (tertiary/aromatic N) is 1. The average Bonchev–Trinajstić information content (AvgIpc) is 3.25. The molecule has 1 aliphatic carbocycles. The normalized spacial score (nSPS) is 14.5. The number of fused-ring (bicyclic) bond motifs is 1. The Balaban J connectivity index is 1.62. The van der Waals surface area contributed by atoms with Gasteiger partial charge in [-0.05, 0) is 48.5 Å². The minimum atomic E-state index is -2.99. The minimum Gasteiger partial charge on any atom is -0.488 e. The largest absolute Gasteiger partial charge is 0.488 e. The number of carboxylic acids is 1. The van der Waals surface area contributed by atoms with Gasteiger partial charge in [-0.3, -0.25) is 4.79 Å². The Bertz CT molecular complexity index is 1130. The molecule has 3 aromatic rings. The Morgan fingerprint density at radius 3 is 2.71 bits per heavy atom. The Morgan fingerprint density at radius 1 is 1.26 bits per heavy atom. The molecule has 0 atom stereocenters. The van der Waals surface area contributed by atoms with Crippen LogP contribution in [0.25, 0.3) is 10.4 Å². The summed E-state index contributed by atoms with van der Waals surface area (Å²) in [5, 5.41) is 9.26. The summed E-state index contributed by atoms with van der Waals surface area (Å²) in [6.45, 7) is 2.11. The van der Waals surface area contributed by atoms with E-state index in [1.54, 1.807) is 12.1 Å². The maximum Gasteiger partial charge on any atom is 0.303 e. The highest BCUT2D eigenvalue weighted by Gasteiger charge is 2.42. The van der Waals surface area contributed by atoms with Crippen LogP contribution in [-0.2, 0) is 30.2 Å². The molecule has 8 heteroatoms. The van der Waals surface area contributed by atoms with Crippen LogP contribution in [0.3, 0.4) is 0 Å². The summed E-state index contributed by atoms with van der Waals surface area (Å²) in [5.74, 6) is -3.63. The van der Waals surface area contributed by atoms with Crippen molar-refractivity contribution in [3.63, 3.8) is 0 Å². The van der Waals surface area contributed by atoms with Crippen LogP contribution in [0.1, 0.15) is 40.7 Å². The van der Waals surface area contributed by atoms with Crippen molar-refractivity contribution in [2.75, 3.05) is 0 Å². The molecule has 0 spiro atoms. The fourth-order valence-electron chi connectivity index (χ4n) is 3.87. The van der Waals surface area contributed by atoms with E-state index in [0.29, 0.717) is 27.6 Å². The second kappa shape index (κ2) is 8.55. The first-order chi connectivity index (χ1) is 14.8. The quantitative estimate of drug-likeness (QED) is 0.440. The van der Waals surface area contributed by atoms with E-state index in [1.807, 2.05) is 31.2 Å². The van der Waals surface area contributed by atoms with Crippen LogP contribution < -0.4 is 4.74 Å². The monoisotopic (exact) mass is 463 g/mol. The van der Waals surface area contributed by atoms with E-state index >= 15 is 0 Å². The highest BCUT2D eigenvalue weighted by molar-refractivity contribution is 7.10. The van der Waals surface area contributed by atoms with Gasteiger partial charge in [0, 0.05) is 29.5 Å². The van der Waals surface area contributed by atoms with E-state index in [1.165, 1.54) is 11.5 Å². The van der Waals surface area contributed by atoms with Gasteiger partial charge in [-0.1, -0.05) is 47.5 Å². The number of aryl methyl sites for hydroxylation is 2. The van der Waals surface area contributed by atoms with Crippen LogP contribution >= 0.6 is 23.1 Å². The summed E-state index contributed by atoms with van der Waals surface area (Å²) >= 11 is 7.56. The predicted molar refractivity (Wildman–Crippen MR) is 116 cm³/mol. The molecule has 0 radical (unpaired) electrons. The Hall–Kier alpha value is -2.51. The zero-order valence-electron chi connectivity index (χ0n) is 16.8. The number of carbonyl (C=O) groups is 1. The average molecular weight is 464 g/mol. The molecule has 0 amide bonds. The van der Waals surface area contributed by atoms with Gasteiger partial charge >= 0.3 is 5.97 Å². The number of ether oxygens (including phenoxy) is 1. The Kier molecular flexibility index (Phi) is 5.99. The lowest BCUT2D eigenvalue weighted by Gasteiger charge is -2.17. The molecule has 2 aromatic carbocycles. The molecule has 0 bridgehead atoms. The molecule has 162 valence electrons. The molecular formula is C23H20ClF2NO3S. The molecule has 1 aromatic heterocycles. The SMILES string of the molecule is Cc1ccc(-c2snc(Cl)c2COc2ccc(CCC(=O)O)c3c2CCC3(F)F)cc1. The number of carboxylic acid groups (broad SMARTS) is 1. The van der Waals surface area contributed by atoms with Gasteiger partial charge in [-0.2, -0.15) is 4.37 Å². The first kappa shape index (κ1) is 21.7. The number of aliphatic carboxylic acids is 1. The van der Waals surface area contributed by atoms with E-state index in [0.717, 1.165) is 16.0 Å². The first-order valence-corrected chi connectivity index (χ1v) is 11.0. The molecule has 0 saturated carbocycles. The molecule has 4 rings (SSSR count). The molecule has 31 heavy (non-hydrogen) atoms. The van der Waals surface area contributed by atoms with Crippen molar-refractivity contribution in [1.82, 2.24) is 4.37 Å². The molecule has 0 unspecified atom stereocenters. The number of rotatable bonds is 7. The third-order valence-electron chi connectivity index (χ3n) is 5.45. The van der Waals surface area contributed by atoms with Crippen LogP contribution in [0, 0.1) is 6.92 Å². The molecule has 4 nitrogen and oxygen atoms in total. The van der Waals surface area contributed by atoms with Gasteiger partial charge in [0.2, 0.25) is 0 Å². The van der Waals surface area contributed by atoms with Gasteiger partial charge in [-0.15, -0.1) is 0 Å². The maximum atomic E-state index is 14.6. The zero-order chi connectivity index (χ0) is 22.2. The number of alkyl halides is 2. The van der Waals surface area contributed by atoms with E-state index in [-0.39, 0.29) is 37.9 Å². The van der Waals surface area contributed by atoms with Crippen LogP contribution in [0.5, 0.6) is 5.75 Å². The smallest absolute Gasteiger partial charge is 0.303 e. The number of halogens is 3. The minimum absolute atomic E-state index is 0.0609. The van der Waals surface area contributed by atoms with Crippen molar-refractivity contribution in [2.24, 2.45) is 0 Å². The second-order valence-electron chi connectivity index (χ2n) is 7.61. The highest BCUT2D eigenvalue weighted by Crippen LogP contribution is 2.47. The lowest BCUT2D eigenvalue weighted by molar-refractivity contribution is -0.137. The maximum absolute atomic E-state index is 14.6. The van der Waals surface area contributed by atoms with Gasteiger partial charge < -0.3 is 9.84 Å². The van der Waals surface area contributed by atoms with E-state index < -0.39 is 11.9 Å². The fraction of sp³-hybridized carbons (Fsp3) is 0.304. The van der Waals surface area contributed by atoms with Crippen LogP contribution in [0.15, 0.2) is 36.4 Å². The van der Waals surface area contributed by atoms with Gasteiger partial charge in [0.15, 0.2) is 0 Å². The van der Waals surface area contributed by atoms with Gasteiger partial charge in [0.25, 0.3) is 5.92 Å². The van der Waals surface area contributed by atoms with E-state index in [2.05, 4.69) is 4.37 Å². The fourth-order valence-corrected chi connectivity index (χ4v) is 4.97. The molecule has 1 N–H and O–H groups in total. The third kappa shape index (κ3) is 4.43. The topological polar surface area (TPSA) is 59.4 Å². The van der Waals surface area contributed by atoms with E-state index in [9.17, 15) is 13.6 Å². The zero-order valence-corrected chi connectivity index (χ0v) is 18.3. The number of aromatic nitrogens is 1. The summed E-state index contributed by atoms with van der Waals surface area (Å²) in [6.07, 6.45) is -0.263. The molecule has 1 aliphatic rings. The highest BCUT2D eigenvalue weighted by atomic mass is 35.5. The predicted octanol–water partition coefficient (Wildman–Crippen LogP) is 6.41.